The molecule has 0 bridgehead atoms. The van der Waals surface area contributed by atoms with E-state index >= 15 is 0 Å². The molecule has 19 heavy (non-hydrogen) atoms. The Morgan fingerprint density at radius 3 is 2.68 bits per heavy atom. The molecule has 6 heteroatoms. The number of carbonyl (C=O) groups is 1. The van der Waals surface area contributed by atoms with E-state index in [-0.39, 0.29) is 19.1 Å². The highest BCUT2D eigenvalue weighted by atomic mass is 16.5. The molecule has 0 saturated carbocycles. The molecule has 1 aliphatic heterocycles. The first-order valence-corrected chi connectivity index (χ1v) is 6.32. The van der Waals surface area contributed by atoms with Gasteiger partial charge in [0, 0.05) is 19.9 Å². The first kappa shape index (κ1) is 15.9. The van der Waals surface area contributed by atoms with Gasteiger partial charge in [-0.15, -0.1) is 12.3 Å². The zero-order valence-corrected chi connectivity index (χ0v) is 11.0. The second kappa shape index (κ2) is 7.46. The van der Waals surface area contributed by atoms with Crippen LogP contribution in [0.1, 0.15) is 19.8 Å². The van der Waals surface area contributed by atoms with E-state index in [1.165, 1.54) is 11.8 Å². The predicted molar refractivity (Wildman–Crippen MR) is 68.1 cm³/mol. The van der Waals surface area contributed by atoms with E-state index in [2.05, 4.69) is 5.92 Å². The average molecular weight is 271 g/mol. The van der Waals surface area contributed by atoms with Gasteiger partial charge in [-0.2, -0.15) is 0 Å². The first-order chi connectivity index (χ1) is 9.02. The Bertz CT molecular complexity index is 340. The summed E-state index contributed by atoms with van der Waals surface area (Å²) in [6.07, 6.45) is 3.16. The second-order valence-electron chi connectivity index (χ2n) is 4.62. The summed E-state index contributed by atoms with van der Waals surface area (Å²) in [5.74, 6) is 2.28. The number of hydrogen-bond acceptors (Lipinski definition) is 5. The van der Waals surface area contributed by atoms with Gasteiger partial charge in [-0.1, -0.05) is 0 Å². The van der Waals surface area contributed by atoms with Crippen molar-refractivity contribution >= 4 is 5.91 Å². The van der Waals surface area contributed by atoms with Gasteiger partial charge in [-0.25, -0.2) is 0 Å². The highest BCUT2D eigenvalue weighted by Gasteiger charge is 2.41. The van der Waals surface area contributed by atoms with Gasteiger partial charge < -0.3 is 25.0 Å². The molecule has 1 fully saturated rings. The Kier molecular flexibility index (Phi) is 6.25. The summed E-state index contributed by atoms with van der Waals surface area (Å²) in [7, 11) is 0. The minimum absolute atomic E-state index is 0.0824. The number of ether oxygens (including phenoxy) is 1. The number of carbonyl (C=O) groups excluding carboxylic acids is 1. The SMILES string of the molecule is C#CCCCN(C(C)=O)[C@H]1CO[C@H](CO)[C@H](O)[C@@H]1O. The molecule has 0 aromatic rings. The molecule has 0 aliphatic carbocycles. The Morgan fingerprint density at radius 1 is 1.47 bits per heavy atom. The zero-order chi connectivity index (χ0) is 14.4. The lowest BCUT2D eigenvalue weighted by molar-refractivity contribution is -0.185. The molecule has 1 rings (SSSR count). The van der Waals surface area contributed by atoms with Gasteiger partial charge in [0.05, 0.1) is 19.3 Å². The third-order valence-corrected chi connectivity index (χ3v) is 3.31. The molecule has 4 atom stereocenters. The predicted octanol–water partition coefficient (Wildman–Crippen LogP) is -1.27. The number of hydrogen-bond donors (Lipinski definition) is 3. The van der Waals surface area contributed by atoms with Crippen LogP contribution in [-0.2, 0) is 9.53 Å². The summed E-state index contributed by atoms with van der Waals surface area (Å²) in [5, 5.41) is 28.8. The molecule has 108 valence electrons. The van der Waals surface area contributed by atoms with Crippen LogP contribution in [0.15, 0.2) is 0 Å². The van der Waals surface area contributed by atoms with Crippen molar-refractivity contribution in [3.63, 3.8) is 0 Å². The van der Waals surface area contributed by atoms with Gasteiger partial charge in [-0.05, 0) is 6.42 Å². The number of terminal acetylenes is 1. The van der Waals surface area contributed by atoms with E-state index in [1.54, 1.807) is 0 Å². The topological polar surface area (TPSA) is 90.2 Å². The lowest BCUT2D eigenvalue weighted by atomic mass is 9.97. The summed E-state index contributed by atoms with van der Waals surface area (Å²) in [6, 6.07) is -0.618. The average Bonchev–Trinajstić information content (AvgIpc) is 2.38. The minimum atomic E-state index is -1.21. The fourth-order valence-electron chi connectivity index (χ4n) is 2.21. The van der Waals surface area contributed by atoms with Crippen molar-refractivity contribution < 1.29 is 24.9 Å². The molecule has 3 N–H and O–H groups in total. The van der Waals surface area contributed by atoms with Crippen LogP contribution in [0.3, 0.4) is 0 Å². The third kappa shape index (κ3) is 3.91. The Hall–Kier alpha value is -1.13. The van der Waals surface area contributed by atoms with Crippen LogP contribution in [0.5, 0.6) is 0 Å². The largest absolute Gasteiger partial charge is 0.394 e. The van der Waals surface area contributed by atoms with Crippen molar-refractivity contribution in [1.29, 1.82) is 0 Å². The summed E-state index contributed by atoms with van der Waals surface area (Å²) in [5.41, 5.74) is 0. The maximum Gasteiger partial charge on any atom is 0.219 e. The van der Waals surface area contributed by atoms with Crippen molar-refractivity contribution in [3.05, 3.63) is 0 Å². The normalized spacial score (nSPS) is 30.7. The maximum atomic E-state index is 11.6. The van der Waals surface area contributed by atoms with Crippen LogP contribution in [0.4, 0.5) is 0 Å². The minimum Gasteiger partial charge on any atom is -0.394 e. The van der Waals surface area contributed by atoms with Gasteiger partial charge in [0.2, 0.25) is 5.91 Å². The van der Waals surface area contributed by atoms with E-state index in [4.69, 9.17) is 16.3 Å². The van der Waals surface area contributed by atoms with Crippen molar-refractivity contribution in [2.45, 2.75) is 44.1 Å². The molecule has 6 nitrogen and oxygen atoms in total. The standard InChI is InChI=1S/C13H21NO5/c1-3-4-5-6-14(9(2)16)10-8-19-11(7-15)13(18)12(10)17/h1,10-13,15,17-18H,4-8H2,2H3/t10-,11+,12+,13-/m0/s1. The molecule has 0 aromatic heterocycles. The second-order valence-corrected chi connectivity index (χ2v) is 4.62. The summed E-state index contributed by atoms with van der Waals surface area (Å²) in [4.78, 5) is 13.1. The van der Waals surface area contributed by atoms with E-state index in [9.17, 15) is 15.0 Å². The monoisotopic (exact) mass is 271 g/mol. The fourth-order valence-corrected chi connectivity index (χ4v) is 2.21. The van der Waals surface area contributed by atoms with Gasteiger partial charge in [0.15, 0.2) is 0 Å². The third-order valence-electron chi connectivity index (χ3n) is 3.31. The van der Waals surface area contributed by atoms with Crippen molar-refractivity contribution in [2.24, 2.45) is 0 Å². The zero-order valence-electron chi connectivity index (χ0n) is 11.0. The van der Waals surface area contributed by atoms with Gasteiger partial charge in [0.1, 0.15) is 18.3 Å². The highest BCUT2D eigenvalue weighted by molar-refractivity contribution is 5.73. The number of nitrogens with zero attached hydrogens (tertiary/aromatic N) is 1. The number of aliphatic hydroxyl groups is 3. The maximum absolute atomic E-state index is 11.6. The van der Waals surface area contributed by atoms with E-state index in [1.807, 2.05) is 0 Å². The van der Waals surface area contributed by atoms with Crippen LogP contribution in [0.25, 0.3) is 0 Å². The van der Waals surface area contributed by atoms with E-state index in [0.717, 1.165) is 0 Å². The molecule has 0 aromatic carbocycles. The van der Waals surface area contributed by atoms with Crippen molar-refractivity contribution in [3.8, 4) is 12.3 Å². The van der Waals surface area contributed by atoms with Gasteiger partial charge >= 0.3 is 0 Å². The summed E-state index contributed by atoms with van der Waals surface area (Å²) < 4.78 is 5.27. The van der Waals surface area contributed by atoms with Crippen LogP contribution in [-0.4, -0.2) is 70.2 Å². The van der Waals surface area contributed by atoms with Gasteiger partial charge in [-0.3, -0.25) is 4.79 Å². The van der Waals surface area contributed by atoms with Crippen LogP contribution < -0.4 is 0 Å². The number of rotatable bonds is 5. The molecule has 1 amide bonds. The first-order valence-electron chi connectivity index (χ1n) is 6.32. The molecular weight excluding hydrogens is 250 g/mol. The van der Waals surface area contributed by atoms with Crippen LogP contribution in [0, 0.1) is 12.3 Å². The molecule has 1 aliphatic rings. The Morgan fingerprint density at radius 2 is 2.16 bits per heavy atom. The molecule has 1 heterocycles. The Labute approximate surface area is 113 Å². The quantitative estimate of drug-likeness (QED) is 0.428. The fraction of sp³-hybridized carbons (Fsp3) is 0.769. The molecule has 0 radical (unpaired) electrons. The Balaban J connectivity index is 2.69. The molecule has 1 saturated heterocycles. The van der Waals surface area contributed by atoms with Gasteiger partial charge in [0.25, 0.3) is 0 Å². The number of unbranched alkanes of at least 4 members (excludes halogenated alkanes) is 1. The van der Waals surface area contributed by atoms with Crippen LogP contribution in [0.2, 0.25) is 0 Å². The van der Waals surface area contributed by atoms with E-state index in [0.29, 0.717) is 19.4 Å². The summed E-state index contributed by atoms with van der Waals surface area (Å²) >= 11 is 0. The number of aliphatic hydroxyl groups excluding tert-OH is 3. The van der Waals surface area contributed by atoms with Crippen LogP contribution >= 0.6 is 0 Å². The highest BCUT2D eigenvalue weighted by Crippen LogP contribution is 2.20. The van der Waals surface area contributed by atoms with E-state index < -0.39 is 24.4 Å². The lowest BCUT2D eigenvalue weighted by Crippen LogP contribution is -2.61. The smallest absolute Gasteiger partial charge is 0.219 e. The molecular formula is C13H21NO5. The van der Waals surface area contributed by atoms with Crippen molar-refractivity contribution in [1.82, 2.24) is 4.90 Å². The lowest BCUT2D eigenvalue weighted by Gasteiger charge is -2.42. The molecule has 0 unspecified atom stereocenters. The van der Waals surface area contributed by atoms with Crippen molar-refractivity contribution in [2.75, 3.05) is 19.8 Å². The summed E-state index contributed by atoms with van der Waals surface area (Å²) in [6.45, 7) is 1.51. The molecule has 0 spiro atoms. The number of amides is 1.